The van der Waals surface area contributed by atoms with Crippen LogP contribution in [0, 0.1) is 0 Å². The minimum Gasteiger partial charge on any atom is -0.477 e. The van der Waals surface area contributed by atoms with Gasteiger partial charge in [0.05, 0.1) is 6.10 Å². The van der Waals surface area contributed by atoms with Gasteiger partial charge in [0.25, 0.3) is 0 Å². The summed E-state index contributed by atoms with van der Waals surface area (Å²) in [5.74, 6) is -2.91. The topological polar surface area (TPSA) is 83.8 Å². The molecule has 0 saturated heterocycles. The van der Waals surface area contributed by atoms with Crippen molar-refractivity contribution < 1.29 is 24.5 Å². The Balaban J connectivity index is 4.70. The Morgan fingerprint density at radius 2 is 1.85 bits per heavy atom. The number of methoxy groups -OCH3 is 1. The first-order valence-electron chi connectivity index (χ1n) is 3.74. The van der Waals surface area contributed by atoms with Crippen molar-refractivity contribution in [3.8, 4) is 0 Å². The molecule has 0 aliphatic rings. The second kappa shape index (κ2) is 5.31. The van der Waals surface area contributed by atoms with Gasteiger partial charge in [0.1, 0.15) is 5.57 Å². The lowest BCUT2D eigenvalue weighted by molar-refractivity contribution is -0.140. The smallest absolute Gasteiger partial charge is 0.342 e. The van der Waals surface area contributed by atoms with Gasteiger partial charge in [-0.3, -0.25) is 0 Å². The van der Waals surface area contributed by atoms with E-state index in [4.69, 9.17) is 14.9 Å². The number of rotatable bonds is 5. The molecular weight excluding hydrogens is 176 g/mol. The van der Waals surface area contributed by atoms with Gasteiger partial charge in [-0.05, 0) is 12.5 Å². The summed E-state index contributed by atoms with van der Waals surface area (Å²) in [5.41, 5.74) is -0.659. The fraction of sp³-hybridized carbons (Fsp3) is 0.500. The van der Waals surface area contributed by atoms with Crippen molar-refractivity contribution in [3.05, 3.63) is 11.6 Å². The van der Waals surface area contributed by atoms with Crippen LogP contribution in [0.1, 0.15) is 13.3 Å². The molecule has 0 aliphatic heterocycles. The van der Waals surface area contributed by atoms with E-state index in [0.717, 1.165) is 6.08 Å². The van der Waals surface area contributed by atoms with Crippen LogP contribution in [0.4, 0.5) is 0 Å². The van der Waals surface area contributed by atoms with E-state index in [1.807, 2.05) is 0 Å². The zero-order chi connectivity index (χ0) is 10.4. The first kappa shape index (κ1) is 11.6. The molecule has 0 fully saturated rings. The van der Waals surface area contributed by atoms with E-state index >= 15 is 0 Å². The van der Waals surface area contributed by atoms with E-state index in [1.54, 1.807) is 6.92 Å². The van der Waals surface area contributed by atoms with Crippen molar-refractivity contribution >= 4 is 11.9 Å². The van der Waals surface area contributed by atoms with E-state index in [2.05, 4.69) is 0 Å². The van der Waals surface area contributed by atoms with E-state index in [1.165, 1.54) is 7.11 Å². The molecule has 0 aliphatic carbocycles. The van der Waals surface area contributed by atoms with E-state index in [-0.39, 0.29) is 0 Å². The standard InChI is InChI=1S/C8H12O5/c1-3-5(13-2)4-6(7(9)10)8(11)12/h4-5H,3H2,1-2H3,(H,9,10)(H,11,12). The van der Waals surface area contributed by atoms with E-state index in [0.29, 0.717) is 6.42 Å². The summed E-state index contributed by atoms with van der Waals surface area (Å²) in [6.07, 6.45) is 1.15. The summed E-state index contributed by atoms with van der Waals surface area (Å²) in [6.45, 7) is 1.77. The number of carboxylic acid groups (broad SMARTS) is 2. The van der Waals surface area contributed by atoms with Crippen LogP contribution in [0.2, 0.25) is 0 Å². The Kier molecular flexibility index (Phi) is 4.76. The fourth-order valence-electron chi connectivity index (χ4n) is 0.773. The van der Waals surface area contributed by atoms with E-state index < -0.39 is 23.6 Å². The molecule has 2 N–H and O–H groups in total. The summed E-state index contributed by atoms with van der Waals surface area (Å²) in [5, 5.41) is 17.0. The summed E-state index contributed by atoms with van der Waals surface area (Å²) >= 11 is 0. The van der Waals surface area contributed by atoms with Crippen molar-refractivity contribution in [2.45, 2.75) is 19.4 Å². The maximum absolute atomic E-state index is 10.4. The summed E-state index contributed by atoms with van der Waals surface area (Å²) in [6, 6.07) is 0. The van der Waals surface area contributed by atoms with Crippen LogP contribution in [0.15, 0.2) is 11.6 Å². The average Bonchev–Trinajstić information content (AvgIpc) is 2.05. The molecule has 0 aromatic carbocycles. The van der Waals surface area contributed by atoms with Crippen molar-refractivity contribution in [1.82, 2.24) is 0 Å². The Morgan fingerprint density at radius 1 is 1.38 bits per heavy atom. The Morgan fingerprint density at radius 3 is 2.08 bits per heavy atom. The molecule has 0 aromatic heterocycles. The third-order valence-electron chi connectivity index (χ3n) is 1.52. The van der Waals surface area contributed by atoms with Gasteiger partial charge in [0.15, 0.2) is 0 Å². The van der Waals surface area contributed by atoms with Crippen molar-refractivity contribution in [2.24, 2.45) is 0 Å². The van der Waals surface area contributed by atoms with Gasteiger partial charge < -0.3 is 14.9 Å². The number of carbonyl (C=O) groups is 2. The van der Waals surface area contributed by atoms with Gasteiger partial charge in [-0.15, -0.1) is 0 Å². The molecule has 5 heteroatoms. The third-order valence-corrected chi connectivity index (χ3v) is 1.52. The first-order valence-corrected chi connectivity index (χ1v) is 3.74. The van der Waals surface area contributed by atoms with Crippen LogP contribution >= 0.6 is 0 Å². The summed E-state index contributed by atoms with van der Waals surface area (Å²) in [4.78, 5) is 20.8. The normalized spacial score (nSPS) is 11.8. The highest BCUT2D eigenvalue weighted by Gasteiger charge is 2.17. The molecule has 0 rings (SSSR count). The predicted molar refractivity (Wildman–Crippen MR) is 44.4 cm³/mol. The molecule has 0 amide bonds. The van der Waals surface area contributed by atoms with Crippen LogP contribution in [-0.2, 0) is 14.3 Å². The van der Waals surface area contributed by atoms with Gasteiger partial charge in [0.2, 0.25) is 0 Å². The zero-order valence-electron chi connectivity index (χ0n) is 7.48. The Bertz CT molecular complexity index is 211. The molecule has 5 nitrogen and oxygen atoms in total. The summed E-state index contributed by atoms with van der Waals surface area (Å²) in [7, 11) is 1.39. The highest BCUT2D eigenvalue weighted by molar-refractivity contribution is 6.12. The predicted octanol–water partition coefficient (Wildman–Crippen LogP) is 0.507. The molecule has 0 saturated carbocycles. The minimum atomic E-state index is -1.46. The third kappa shape index (κ3) is 3.71. The van der Waals surface area contributed by atoms with Crippen LogP contribution in [0.3, 0.4) is 0 Å². The lowest BCUT2D eigenvalue weighted by Crippen LogP contribution is -2.16. The minimum absolute atomic E-state index is 0.470. The molecular formula is C8H12O5. The maximum Gasteiger partial charge on any atom is 0.342 e. The molecule has 0 spiro atoms. The van der Waals surface area contributed by atoms with Crippen LogP contribution in [0.5, 0.6) is 0 Å². The van der Waals surface area contributed by atoms with Gasteiger partial charge in [-0.25, -0.2) is 9.59 Å². The largest absolute Gasteiger partial charge is 0.477 e. The number of carboxylic acids is 2. The monoisotopic (exact) mass is 188 g/mol. The second-order valence-corrected chi connectivity index (χ2v) is 2.37. The molecule has 1 unspecified atom stereocenters. The molecule has 0 radical (unpaired) electrons. The number of hydrogen-bond acceptors (Lipinski definition) is 3. The lowest BCUT2D eigenvalue weighted by atomic mass is 10.1. The Hall–Kier alpha value is -1.36. The molecule has 0 heterocycles. The number of hydrogen-bond donors (Lipinski definition) is 2. The SMILES string of the molecule is CCC(C=C(C(=O)O)C(=O)O)OC. The average molecular weight is 188 g/mol. The van der Waals surface area contributed by atoms with Gasteiger partial charge in [0, 0.05) is 7.11 Å². The van der Waals surface area contributed by atoms with Gasteiger partial charge in [-0.1, -0.05) is 6.92 Å². The maximum atomic E-state index is 10.4. The molecule has 13 heavy (non-hydrogen) atoms. The molecule has 74 valence electrons. The molecule has 0 aromatic rings. The highest BCUT2D eigenvalue weighted by atomic mass is 16.5. The van der Waals surface area contributed by atoms with Crippen molar-refractivity contribution in [1.29, 1.82) is 0 Å². The first-order chi connectivity index (χ1) is 6.02. The lowest BCUT2D eigenvalue weighted by Gasteiger charge is -2.07. The number of aliphatic carboxylic acids is 2. The van der Waals surface area contributed by atoms with Crippen LogP contribution in [0.25, 0.3) is 0 Å². The van der Waals surface area contributed by atoms with Gasteiger partial charge >= 0.3 is 11.9 Å². The van der Waals surface area contributed by atoms with Crippen LogP contribution < -0.4 is 0 Å². The van der Waals surface area contributed by atoms with Crippen LogP contribution in [-0.4, -0.2) is 35.4 Å². The summed E-state index contributed by atoms with van der Waals surface area (Å²) < 4.78 is 4.83. The van der Waals surface area contributed by atoms with Gasteiger partial charge in [-0.2, -0.15) is 0 Å². The fourth-order valence-corrected chi connectivity index (χ4v) is 0.773. The Labute approximate surface area is 75.6 Å². The zero-order valence-corrected chi connectivity index (χ0v) is 7.48. The quantitative estimate of drug-likeness (QED) is 0.373. The number of ether oxygens (including phenoxy) is 1. The highest BCUT2D eigenvalue weighted by Crippen LogP contribution is 2.04. The second-order valence-electron chi connectivity index (χ2n) is 2.37. The van der Waals surface area contributed by atoms with Crippen molar-refractivity contribution in [3.63, 3.8) is 0 Å². The molecule has 1 atom stereocenters. The van der Waals surface area contributed by atoms with Crippen molar-refractivity contribution in [2.75, 3.05) is 7.11 Å². The van der Waals surface area contributed by atoms with E-state index in [9.17, 15) is 9.59 Å². The molecule has 0 bridgehead atoms.